The molecule has 114 valence electrons. The maximum absolute atomic E-state index is 9.10. The fraction of sp³-hybridized carbons (Fsp3) is 0.800. The molecule has 0 aliphatic rings. The number of hydroxylamine groups is 2. The highest BCUT2D eigenvalue weighted by atomic mass is 16.9. The van der Waals surface area contributed by atoms with Crippen molar-refractivity contribution in [3.63, 3.8) is 0 Å². The minimum Gasteiger partial charge on any atom is -0.473 e. The standard InChI is InChI=1S/C8H19NO4.C2H2O4/c1-2-3-4-9(12-7-5-10)13-8-6-11;3-1(4)2(5)6/h10-11H,2-8H2,1H3;(H,3,4)(H,5,6). The Kier molecular flexibility index (Phi) is 15.6. The molecule has 0 aromatic carbocycles. The number of hydrogen-bond donors (Lipinski definition) is 4. The molecular weight excluding hydrogens is 262 g/mol. The molecule has 9 heteroatoms. The number of unbranched alkanes of at least 4 members (excludes halogenated alkanes) is 1. The molecule has 0 amide bonds. The molecule has 0 heterocycles. The number of rotatable bonds is 9. The van der Waals surface area contributed by atoms with Crippen molar-refractivity contribution in [1.82, 2.24) is 5.23 Å². The Morgan fingerprint density at radius 1 is 1.00 bits per heavy atom. The Labute approximate surface area is 110 Å². The second kappa shape index (κ2) is 14.8. The van der Waals surface area contributed by atoms with Gasteiger partial charge >= 0.3 is 11.9 Å². The van der Waals surface area contributed by atoms with Crippen LogP contribution in [0.15, 0.2) is 0 Å². The molecule has 0 rings (SSSR count). The highest BCUT2D eigenvalue weighted by Crippen LogP contribution is 1.97. The van der Waals surface area contributed by atoms with Crippen LogP contribution in [-0.4, -0.2) is 70.6 Å². The van der Waals surface area contributed by atoms with E-state index in [1.807, 2.05) is 0 Å². The number of nitrogens with zero attached hydrogens (tertiary/aromatic N) is 1. The minimum absolute atomic E-state index is 0.0366. The second-order valence-corrected chi connectivity index (χ2v) is 3.13. The number of carboxylic acid groups (broad SMARTS) is 2. The van der Waals surface area contributed by atoms with Gasteiger partial charge in [0.05, 0.1) is 33.0 Å². The van der Waals surface area contributed by atoms with Crippen LogP contribution in [0, 0.1) is 0 Å². The van der Waals surface area contributed by atoms with Crippen LogP contribution in [0.1, 0.15) is 19.8 Å². The molecule has 0 unspecified atom stereocenters. The third-order valence-corrected chi connectivity index (χ3v) is 1.53. The minimum atomic E-state index is -1.82. The maximum Gasteiger partial charge on any atom is 0.414 e. The summed E-state index contributed by atoms with van der Waals surface area (Å²) in [6.07, 6.45) is 2.00. The average Bonchev–Trinajstić information content (AvgIpc) is 2.38. The van der Waals surface area contributed by atoms with Gasteiger partial charge in [0.2, 0.25) is 0 Å². The van der Waals surface area contributed by atoms with Gasteiger partial charge in [0.25, 0.3) is 0 Å². The van der Waals surface area contributed by atoms with Crippen LogP contribution in [0.4, 0.5) is 0 Å². The van der Waals surface area contributed by atoms with Gasteiger partial charge in [-0.15, -0.1) is 0 Å². The van der Waals surface area contributed by atoms with Crippen molar-refractivity contribution >= 4 is 11.9 Å². The van der Waals surface area contributed by atoms with Gasteiger partial charge in [-0.2, -0.15) is 0 Å². The molecule has 0 bridgehead atoms. The SMILES string of the molecule is CCCCN(OCCO)OCCO.O=C(O)C(=O)O. The summed E-state index contributed by atoms with van der Waals surface area (Å²) in [6, 6.07) is 0. The average molecular weight is 283 g/mol. The molecule has 0 aliphatic heterocycles. The van der Waals surface area contributed by atoms with Crippen molar-refractivity contribution in [3.05, 3.63) is 0 Å². The summed E-state index contributed by atoms with van der Waals surface area (Å²) in [6.45, 7) is 3.08. The Bertz CT molecular complexity index is 205. The Morgan fingerprint density at radius 3 is 1.68 bits per heavy atom. The van der Waals surface area contributed by atoms with Gasteiger partial charge < -0.3 is 20.4 Å². The first-order valence-electron chi connectivity index (χ1n) is 5.70. The normalized spacial score (nSPS) is 9.89. The van der Waals surface area contributed by atoms with E-state index in [2.05, 4.69) is 6.92 Å². The second-order valence-electron chi connectivity index (χ2n) is 3.13. The quantitative estimate of drug-likeness (QED) is 0.313. The molecule has 19 heavy (non-hydrogen) atoms. The van der Waals surface area contributed by atoms with Gasteiger partial charge in [-0.25, -0.2) is 9.59 Å². The van der Waals surface area contributed by atoms with Crippen LogP contribution < -0.4 is 0 Å². The number of aliphatic hydroxyl groups is 2. The molecule has 0 aromatic rings. The lowest BCUT2D eigenvalue weighted by Gasteiger charge is -2.19. The summed E-state index contributed by atoms with van der Waals surface area (Å²) in [4.78, 5) is 28.3. The predicted molar refractivity (Wildman–Crippen MR) is 63.0 cm³/mol. The molecule has 0 fully saturated rings. The van der Waals surface area contributed by atoms with Crippen molar-refractivity contribution in [3.8, 4) is 0 Å². The molecule has 0 spiro atoms. The Hall–Kier alpha value is -1.26. The Morgan fingerprint density at radius 2 is 1.42 bits per heavy atom. The van der Waals surface area contributed by atoms with Crippen LogP contribution in [-0.2, 0) is 19.3 Å². The zero-order valence-corrected chi connectivity index (χ0v) is 10.8. The largest absolute Gasteiger partial charge is 0.473 e. The number of hydrogen-bond acceptors (Lipinski definition) is 7. The van der Waals surface area contributed by atoms with Gasteiger partial charge in [-0.3, -0.25) is 9.68 Å². The predicted octanol–water partition coefficient (Wildman–Crippen LogP) is -0.908. The van der Waals surface area contributed by atoms with Gasteiger partial charge in [0, 0.05) is 0 Å². The van der Waals surface area contributed by atoms with E-state index in [4.69, 9.17) is 39.7 Å². The summed E-state index contributed by atoms with van der Waals surface area (Å²) in [5.41, 5.74) is 0. The first-order chi connectivity index (χ1) is 8.99. The van der Waals surface area contributed by atoms with E-state index in [0.717, 1.165) is 12.8 Å². The van der Waals surface area contributed by atoms with E-state index < -0.39 is 11.9 Å². The number of carboxylic acids is 2. The zero-order valence-electron chi connectivity index (χ0n) is 10.8. The van der Waals surface area contributed by atoms with E-state index in [0.29, 0.717) is 6.54 Å². The third kappa shape index (κ3) is 16.7. The van der Waals surface area contributed by atoms with Crippen molar-refractivity contribution < 1.29 is 39.7 Å². The Balaban J connectivity index is 0. The summed E-state index contributed by atoms with van der Waals surface area (Å²) in [7, 11) is 0. The van der Waals surface area contributed by atoms with Crippen LogP contribution in [0.3, 0.4) is 0 Å². The molecule has 0 aromatic heterocycles. The number of carbonyl (C=O) groups is 2. The number of aliphatic carboxylic acids is 2. The van der Waals surface area contributed by atoms with Crippen LogP contribution in [0.25, 0.3) is 0 Å². The van der Waals surface area contributed by atoms with E-state index in [9.17, 15) is 0 Å². The molecular formula is C10H21NO8. The summed E-state index contributed by atoms with van der Waals surface area (Å²) in [5.74, 6) is -3.65. The monoisotopic (exact) mass is 283 g/mol. The van der Waals surface area contributed by atoms with Crippen LogP contribution >= 0.6 is 0 Å². The smallest absolute Gasteiger partial charge is 0.414 e. The van der Waals surface area contributed by atoms with E-state index in [-0.39, 0.29) is 26.4 Å². The zero-order chi connectivity index (χ0) is 15.1. The van der Waals surface area contributed by atoms with Gasteiger partial charge in [-0.1, -0.05) is 18.6 Å². The molecule has 0 aliphatic carbocycles. The van der Waals surface area contributed by atoms with Gasteiger partial charge in [0.15, 0.2) is 0 Å². The lowest BCUT2D eigenvalue weighted by atomic mass is 10.3. The highest BCUT2D eigenvalue weighted by molar-refractivity contribution is 6.27. The summed E-state index contributed by atoms with van der Waals surface area (Å²) < 4.78 is 0. The fourth-order valence-corrected chi connectivity index (χ4v) is 0.739. The first kappa shape index (κ1) is 20.1. The topological polar surface area (TPSA) is 137 Å². The lowest BCUT2D eigenvalue weighted by Crippen LogP contribution is -2.28. The van der Waals surface area contributed by atoms with E-state index in [1.165, 1.54) is 5.23 Å². The van der Waals surface area contributed by atoms with Gasteiger partial charge in [0.1, 0.15) is 0 Å². The molecule has 0 atom stereocenters. The fourth-order valence-electron chi connectivity index (χ4n) is 0.739. The lowest BCUT2D eigenvalue weighted by molar-refractivity contribution is -0.371. The van der Waals surface area contributed by atoms with E-state index in [1.54, 1.807) is 0 Å². The van der Waals surface area contributed by atoms with Crippen LogP contribution in [0.2, 0.25) is 0 Å². The first-order valence-corrected chi connectivity index (χ1v) is 5.70. The molecule has 0 saturated carbocycles. The summed E-state index contributed by atoms with van der Waals surface area (Å²) in [5, 5.41) is 33.1. The van der Waals surface area contributed by atoms with Gasteiger partial charge in [-0.05, 0) is 6.42 Å². The van der Waals surface area contributed by atoms with Crippen molar-refractivity contribution in [1.29, 1.82) is 0 Å². The number of aliphatic hydroxyl groups excluding tert-OH is 2. The maximum atomic E-state index is 9.10. The van der Waals surface area contributed by atoms with E-state index >= 15 is 0 Å². The molecule has 9 nitrogen and oxygen atoms in total. The summed E-state index contributed by atoms with van der Waals surface area (Å²) >= 11 is 0. The van der Waals surface area contributed by atoms with Crippen molar-refractivity contribution in [2.45, 2.75) is 19.8 Å². The molecule has 0 saturated heterocycles. The van der Waals surface area contributed by atoms with Crippen LogP contribution in [0.5, 0.6) is 0 Å². The van der Waals surface area contributed by atoms with Crippen molar-refractivity contribution in [2.75, 3.05) is 33.0 Å². The third-order valence-electron chi connectivity index (χ3n) is 1.53. The molecule has 0 radical (unpaired) electrons. The highest BCUT2D eigenvalue weighted by Gasteiger charge is 2.04. The van der Waals surface area contributed by atoms with Crippen molar-refractivity contribution in [2.24, 2.45) is 0 Å². The molecule has 4 N–H and O–H groups in total.